The molecule has 16 N–H and O–H groups in total. The molecule has 1 saturated carbocycles. The van der Waals surface area contributed by atoms with Crippen LogP contribution < -0.4 is 20.7 Å². The number of nitrogens with two attached hydrogens (primary N) is 1. The maximum atomic E-state index is 15.7. The monoisotopic (exact) mass is 1070 g/mol. The Labute approximate surface area is 446 Å². The number of anilines is 2. The lowest BCUT2D eigenvalue weighted by Crippen LogP contribution is -2.67. The minimum atomic E-state index is -3.24. The zero-order chi connectivity index (χ0) is 54.7. The smallest absolute Gasteiger partial charge is 0.355 e. The van der Waals surface area contributed by atoms with Crippen LogP contribution in [-0.2, 0) is 19.7 Å². The molecule has 4 heterocycles. The lowest BCUT2D eigenvalue weighted by molar-refractivity contribution is -0.422. The molecule has 5 aromatic rings. The molecule has 21 nitrogen and oxygen atoms in total. The molecule has 0 radical (unpaired) electrons. The van der Waals surface area contributed by atoms with Crippen molar-refractivity contribution in [1.82, 2.24) is 15.0 Å². The quantitative estimate of drug-likeness (QED) is 0.0483. The Hall–Kier alpha value is -6.89. The first-order valence-electron chi connectivity index (χ1n) is 26.3. The number of hydrogen-bond acceptors (Lipinski definition) is 17. The predicted octanol–water partition coefficient (Wildman–Crippen LogP) is 2.10. The van der Waals surface area contributed by atoms with E-state index in [2.05, 4.69) is 26.3 Å². The van der Waals surface area contributed by atoms with Crippen molar-refractivity contribution in [1.29, 1.82) is 0 Å². The Morgan fingerprint density at radius 3 is 2.46 bits per heavy atom. The van der Waals surface area contributed by atoms with Crippen LogP contribution >= 0.6 is 0 Å². The van der Waals surface area contributed by atoms with Crippen LogP contribution in [0.3, 0.4) is 0 Å². The molecule has 410 valence electrons. The normalized spacial score (nSPS) is 35.4. The molecule has 0 unspecified atom stereocenters. The van der Waals surface area contributed by atoms with Gasteiger partial charge in [-0.3, -0.25) is 9.69 Å². The first-order valence-corrected chi connectivity index (χ1v) is 26.3. The van der Waals surface area contributed by atoms with Crippen LogP contribution in [0.2, 0.25) is 0 Å². The number of aliphatic hydroxyl groups excluding tert-OH is 7. The van der Waals surface area contributed by atoms with Crippen molar-refractivity contribution in [2.24, 2.45) is 23.5 Å². The standard InChI is InChI=1S/C57H62N6O15/c58-44-13-11-29-10-9-27-4-1-2-5-35(27)55(29,44)47-32-18-39(67)40(68)20-36(32)56(54(74)75)48(47)33-19-41(69)42(77-57(76)53(73)52(72)51(71)43(24-65)78-57)21-37(33)63(56)46(70)14-8-26-7-12-38(66)30(16-26)31-17-28(23-64)34(50-49(31)61-25-62-50)22-60-45-6-3-15-59-45/h1-10,12,14-16,19,21,25,28-29,31,34,39-40,43-44,47-48,51-53,59-60,64-69,71-73,76H,11,13,17-18,20,22-24,58H2,(H,61,62)(H,74,75)/b14-8+/t28-,29+,31-,34+,39-,40-,43-,44+,47-,48+,51-,52+,53-,55+,56-,57+/m1/s1. The van der Waals surface area contributed by atoms with E-state index in [1.165, 1.54) is 18.2 Å². The molecule has 0 spiro atoms. The van der Waals surface area contributed by atoms with Crippen molar-refractivity contribution in [2.45, 2.75) is 109 Å². The van der Waals surface area contributed by atoms with Gasteiger partial charge in [-0.2, -0.15) is 0 Å². The number of hydrogen-bond donors (Lipinski definition) is 15. The van der Waals surface area contributed by atoms with E-state index >= 15 is 9.59 Å². The topological polar surface area (TPSA) is 361 Å². The number of carbonyl (C=O) groups excluding carboxylic acids is 1. The lowest BCUT2D eigenvalue weighted by atomic mass is 9.53. The van der Waals surface area contributed by atoms with Gasteiger partial charge in [-0.15, -0.1) is 0 Å². The van der Waals surface area contributed by atoms with Crippen molar-refractivity contribution < 1.29 is 75.2 Å². The van der Waals surface area contributed by atoms with E-state index in [0.717, 1.165) is 45.4 Å². The highest BCUT2D eigenvalue weighted by Crippen LogP contribution is 2.72. The summed E-state index contributed by atoms with van der Waals surface area (Å²) in [7, 11) is 0. The zero-order valence-corrected chi connectivity index (χ0v) is 42.0. The fraction of sp³-hybridized carbons (Fsp3) is 0.421. The van der Waals surface area contributed by atoms with Crippen LogP contribution in [0.25, 0.3) is 12.2 Å². The third-order valence-corrected chi connectivity index (χ3v) is 18.2. The number of allylic oxidation sites excluding steroid dienone is 1. The Morgan fingerprint density at radius 1 is 0.910 bits per heavy atom. The average Bonchev–Trinajstić information content (AvgIpc) is 2.39. The number of nitrogens with one attached hydrogen (secondary N) is 3. The molecule has 3 aromatic carbocycles. The van der Waals surface area contributed by atoms with E-state index in [1.807, 2.05) is 42.5 Å². The molecule has 2 aliphatic heterocycles. The molecular weight excluding hydrogens is 1010 g/mol. The summed E-state index contributed by atoms with van der Waals surface area (Å²) in [6.45, 7) is -0.656. The molecule has 21 heteroatoms. The van der Waals surface area contributed by atoms with Crippen LogP contribution in [0.5, 0.6) is 17.2 Å². The number of rotatable bonds is 12. The van der Waals surface area contributed by atoms with Gasteiger partial charge in [0.05, 0.1) is 36.5 Å². The fourth-order valence-electron chi connectivity index (χ4n) is 14.8. The van der Waals surface area contributed by atoms with E-state index in [0.29, 0.717) is 42.5 Å². The summed E-state index contributed by atoms with van der Waals surface area (Å²) >= 11 is 0. The number of aliphatic carboxylic acids is 1. The second-order valence-corrected chi connectivity index (χ2v) is 21.9. The minimum Gasteiger partial charge on any atom is -0.508 e. The number of ether oxygens (including phenoxy) is 2. The number of nitrogens with zero attached hydrogens (tertiary/aromatic N) is 2. The summed E-state index contributed by atoms with van der Waals surface area (Å²) in [6.07, 6.45) is 0.180. The maximum Gasteiger partial charge on any atom is 0.355 e. The average molecular weight is 1070 g/mol. The van der Waals surface area contributed by atoms with Crippen molar-refractivity contribution in [3.63, 3.8) is 0 Å². The van der Waals surface area contributed by atoms with Gasteiger partial charge in [-0.1, -0.05) is 48.1 Å². The summed E-state index contributed by atoms with van der Waals surface area (Å²) in [4.78, 5) is 42.8. The number of amides is 1. The van der Waals surface area contributed by atoms with Gasteiger partial charge in [0.2, 0.25) is 0 Å². The zero-order valence-electron chi connectivity index (χ0n) is 42.0. The van der Waals surface area contributed by atoms with Gasteiger partial charge < -0.3 is 86.7 Å². The van der Waals surface area contributed by atoms with E-state index in [1.54, 1.807) is 24.7 Å². The van der Waals surface area contributed by atoms with Gasteiger partial charge in [0.15, 0.2) is 23.1 Å². The molecule has 12 rings (SSSR count). The molecule has 2 aromatic heterocycles. The van der Waals surface area contributed by atoms with Gasteiger partial charge in [0.25, 0.3) is 5.91 Å². The highest BCUT2D eigenvalue weighted by atomic mass is 16.8. The van der Waals surface area contributed by atoms with Crippen LogP contribution in [0.15, 0.2) is 103 Å². The Bertz CT molecular complexity index is 3270. The maximum absolute atomic E-state index is 15.7. The molecule has 0 bridgehead atoms. The molecule has 78 heavy (non-hydrogen) atoms. The number of carboxylic acids is 1. The SMILES string of the molecule is N[C@H]1CC[C@@H]2C=Cc3ccccc3[C@]12[C@@H]1C2=C(C[C@@H](O)[C@H](O)C2)[C@]2(C(=O)O)[C@H]1c1cc(O)c(O[C@]3(O)O[C@H](CO)[C@@H](O)[C@H](O)[C@H]3O)cc1N2C(=O)/C=C/c1ccc(O)c([C@H]2C[C@H](CO)[C@H](CNc3ccc[nH]3)c3nc[nH]c32)c1. The second kappa shape index (κ2) is 19.2. The number of phenolic OH excluding ortho intramolecular Hbond substituents is 2. The minimum absolute atomic E-state index is 0.0605. The van der Waals surface area contributed by atoms with Crippen LogP contribution in [0, 0.1) is 17.8 Å². The van der Waals surface area contributed by atoms with E-state index < -0.39 is 107 Å². The van der Waals surface area contributed by atoms with Crippen LogP contribution in [-0.4, -0.2) is 157 Å². The van der Waals surface area contributed by atoms with Crippen molar-refractivity contribution in [2.75, 3.05) is 30.0 Å². The third kappa shape index (κ3) is 7.55. The van der Waals surface area contributed by atoms with Crippen molar-refractivity contribution in [3.8, 4) is 17.2 Å². The second-order valence-electron chi connectivity index (χ2n) is 21.9. The largest absolute Gasteiger partial charge is 0.508 e. The summed E-state index contributed by atoms with van der Waals surface area (Å²) < 4.78 is 11.2. The van der Waals surface area contributed by atoms with E-state index in [-0.39, 0.29) is 59.8 Å². The van der Waals surface area contributed by atoms with Crippen molar-refractivity contribution >= 4 is 35.5 Å². The fourth-order valence-corrected chi connectivity index (χ4v) is 14.8. The molecule has 16 atom stereocenters. The summed E-state index contributed by atoms with van der Waals surface area (Å²) in [5, 5.41) is 127. The van der Waals surface area contributed by atoms with E-state index in [9.17, 15) is 56.2 Å². The number of fused-ring (bicyclic) bond motifs is 8. The Morgan fingerprint density at radius 2 is 1.71 bits per heavy atom. The molecule has 1 saturated heterocycles. The number of carbonyl (C=O) groups is 2. The molecular formula is C57H62N6O15. The first-order chi connectivity index (χ1) is 37.5. The van der Waals surface area contributed by atoms with Gasteiger partial charge in [0, 0.05) is 84.3 Å². The molecule has 2 fully saturated rings. The molecule has 5 aliphatic carbocycles. The number of H-pyrrole nitrogens is 2. The van der Waals surface area contributed by atoms with Gasteiger partial charge in [-0.05, 0) is 102 Å². The third-order valence-electron chi connectivity index (χ3n) is 18.2. The number of imidazole rings is 1. The highest BCUT2D eigenvalue weighted by molar-refractivity contribution is 6.14. The number of aromatic amines is 2. The summed E-state index contributed by atoms with van der Waals surface area (Å²) in [5.74, 6) is -9.70. The number of aliphatic hydroxyl groups is 8. The number of aromatic nitrogens is 3. The first kappa shape index (κ1) is 51.8. The van der Waals surface area contributed by atoms with Gasteiger partial charge in [0.1, 0.15) is 29.9 Å². The summed E-state index contributed by atoms with van der Waals surface area (Å²) in [5.41, 5.74) is 8.59. The number of phenols is 2. The van der Waals surface area contributed by atoms with E-state index in [4.69, 9.17) is 15.2 Å². The molecule has 7 aliphatic rings. The van der Waals surface area contributed by atoms with Gasteiger partial charge >= 0.3 is 11.9 Å². The predicted molar refractivity (Wildman–Crippen MR) is 279 cm³/mol. The molecule has 1 amide bonds. The highest BCUT2D eigenvalue weighted by Gasteiger charge is 2.74. The van der Waals surface area contributed by atoms with Crippen molar-refractivity contribution in [3.05, 3.63) is 142 Å². The summed E-state index contributed by atoms with van der Waals surface area (Å²) in [6, 6.07) is 17.9. The van der Waals surface area contributed by atoms with Crippen LogP contribution in [0.1, 0.15) is 89.1 Å². The number of carboxylic acid groups (broad SMARTS) is 1. The lowest BCUT2D eigenvalue weighted by Gasteiger charge is -2.50. The Kier molecular flexibility index (Phi) is 12.8. The van der Waals surface area contributed by atoms with Crippen LogP contribution in [0.4, 0.5) is 11.5 Å². The Balaban J connectivity index is 0.997. The van der Waals surface area contributed by atoms with Gasteiger partial charge in [-0.25, -0.2) is 9.78 Å². The number of benzene rings is 3. The number of aromatic hydroxyl groups is 2.